The van der Waals surface area contributed by atoms with E-state index in [0.717, 1.165) is 6.07 Å². The van der Waals surface area contributed by atoms with Gasteiger partial charge in [0.15, 0.2) is 27.3 Å². The molecule has 33 heavy (non-hydrogen) atoms. The zero-order valence-corrected chi connectivity index (χ0v) is 19.1. The van der Waals surface area contributed by atoms with Gasteiger partial charge in [-0.1, -0.05) is 18.5 Å². The maximum absolute atomic E-state index is 13.4. The summed E-state index contributed by atoms with van der Waals surface area (Å²) in [7, 11) is -3.96. The first-order chi connectivity index (χ1) is 15.4. The first-order valence-corrected chi connectivity index (χ1v) is 12.2. The Bertz CT molecular complexity index is 1200. The fourth-order valence-electron chi connectivity index (χ4n) is 5.28. The van der Waals surface area contributed by atoms with Crippen molar-refractivity contribution in [3.05, 3.63) is 58.4 Å². The number of nitrogens with two attached hydrogens (primary N) is 1. The lowest BCUT2D eigenvalue weighted by atomic mass is 9.48. The molecule has 0 heterocycles. The second kappa shape index (κ2) is 8.26. The highest BCUT2D eigenvalue weighted by Crippen LogP contribution is 2.58. The van der Waals surface area contributed by atoms with Gasteiger partial charge in [0.1, 0.15) is 0 Å². The van der Waals surface area contributed by atoms with Crippen LogP contribution in [0.25, 0.3) is 0 Å². The lowest BCUT2D eigenvalue weighted by molar-refractivity contribution is -0.209. The summed E-state index contributed by atoms with van der Waals surface area (Å²) < 4.78 is 66.7. The molecule has 3 fully saturated rings. The molecular weight excluding hydrogens is 481 g/mol. The molecule has 0 spiro atoms. The fourth-order valence-corrected chi connectivity index (χ4v) is 7.63. The molecule has 2 aromatic rings. The predicted molar refractivity (Wildman–Crippen MR) is 116 cm³/mol. The number of aliphatic hydroxyl groups is 1. The Kier molecular flexibility index (Phi) is 6.01. The Balaban J connectivity index is 1.59. The summed E-state index contributed by atoms with van der Waals surface area (Å²) in [6.45, 7) is 2.02. The quantitative estimate of drug-likeness (QED) is 0.542. The van der Waals surface area contributed by atoms with Gasteiger partial charge in [-0.3, -0.25) is 4.79 Å². The van der Waals surface area contributed by atoms with Gasteiger partial charge in [-0.05, 0) is 48.8 Å². The van der Waals surface area contributed by atoms with Crippen LogP contribution in [0.1, 0.15) is 30.1 Å². The lowest BCUT2D eigenvalue weighted by Crippen LogP contribution is -2.69. The molecule has 2 bridgehead atoms. The number of sulfone groups is 1. The van der Waals surface area contributed by atoms with Crippen molar-refractivity contribution in [3.63, 3.8) is 0 Å². The number of halogens is 4. The molecule has 3 saturated carbocycles. The van der Waals surface area contributed by atoms with Crippen molar-refractivity contribution in [3.8, 4) is 0 Å². The van der Waals surface area contributed by atoms with E-state index in [9.17, 15) is 31.5 Å². The minimum atomic E-state index is -3.96. The average Bonchev–Trinajstić information content (AvgIpc) is 2.77. The Morgan fingerprint density at radius 1 is 1.18 bits per heavy atom. The average molecular weight is 503 g/mol. The van der Waals surface area contributed by atoms with Crippen LogP contribution in [0.4, 0.5) is 18.9 Å². The van der Waals surface area contributed by atoms with Crippen LogP contribution >= 0.6 is 11.6 Å². The number of carbonyl (C=O) groups excluding carboxylic acids is 1. The Morgan fingerprint density at radius 3 is 2.30 bits per heavy atom. The number of hydrogen-bond acceptors (Lipinski definition) is 5. The second-order valence-corrected chi connectivity index (χ2v) is 11.4. The smallest absolute Gasteiger partial charge is 0.255 e. The number of nitrogens with one attached hydrogen (secondary N) is 1. The molecular formula is C22H22ClF3N2O4S. The molecule has 2 atom stereocenters. The minimum absolute atomic E-state index is 0.0560. The number of amides is 1. The van der Waals surface area contributed by atoms with E-state index in [1.165, 1.54) is 12.1 Å². The molecule has 1 amide bonds. The van der Waals surface area contributed by atoms with Gasteiger partial charge < -0.3 is 16.2 Å². The molecule has 3 aliphatic carbocycles. The maximum Gasteiger partial charge on any atom is 0.255 e. The van der Waals surface area contributed by atoms with E-state index in [4.69, 9.17) is 17.3 Å². The number of anilines is 1. The fraction of sp³-hybridized carbons (Fsp3) is 0.409. The van der Waals surface area contributed by atoms with E-state index in [0.29, 0.717) is 12.1 Å². The standard InChI is InChI=1S/C22H22ClF3N2O4S/c1-10-14-7-13(8-15(10)22(14,30)9-27)33(31,32)19-4-11(2-3-16(19)23)21(29)28-12-5-17(24)20(26)18(25)6-12/h2-6,10,13-15,30H,7-9,27H2,1H3,(H,28,29)/t10?,13?,14-,15-,22?/m1/s1. The highest BCUT2D eigenvalue weighted by Gasteiger charge is 2.63. The molecule has 5 rings (SSSR count). The molecule has 2 aromatic carbocycles. The normalized spacial score (nSPS) is 28.8. The summed E-state index contributed by atoms with van der Waals surface area (Å²) in [4.78, 5) is 12.3. The minimum Gasteiger partial charge on any atom is -0.388 e. The molecule has 3 aliphatic rings. The van der Waals surface area contributed by atoms with Crippen LogP contribution in [-0.2, 0) is 9.84 Å². The van der Waals surface area contributed by atoms with E-state index >= 15 is 0 Å². The van der Waals surface area contributed by atoms with Crippen LogP contribution in [0.5, 0.6) is 0 Å². The van der Waals surface area contributed by atoms with Crippen molar-refractivity contribution in [2.24, 2.45) is 23.5 Å². The van der Waals surface area contributed by atoms with Crippen LogP contribution in [0, 0.1) is 35.2 Å². The van der Waals surface area contributed by atoms with Crippen LogP contribution in [0.15, 0.2) is 35.2 Å². The molecule has 0 saturated heterocycles. The summed E-state index contributed by atoms with van der Waals surface area (Å²) in [5.41, 5.74) is 4.20. The first kappa shape index (κ1) is 24.0. The van der Waals surface area contributed by atoms with Crippen molar-refractivity contribution in [1.82, 2.24) is 0 Å². The van der Waals surface area contributed by atoms with Gasteiger partial charge in [0.2, 0.25) is 0 Å². The zero-order valence-electron chi connectivity index (χ0n) is 17.5. The van der Waals surface area contributed by atoms with Gasteiger partial charge in [-0.2, -0.15) is 0 Å². The van der Waals surface area contributed by atoms with Crippen molar-refractivity contribution in [2.75, 3.05) is 11.9 Å². The summed E-state index contributed by atoms with van der Waals surface area (Å²) in [5, 5.41) is 12.1. The molecule has 11 heteroatoms. The summed E-state index contributed by atoms with van der Waals surface area (Å²) in [6.07, 6.45) is 0.434. The monoisotopic (exact) mass is 502 g/mol. The largest absolute Gasteiger partial charge is 0.388 e. The first-order valence-electron chi connectivity index (χ1n) is 10.3. The van der Waals surface area contributed by atoms with Crippen molar-refractivity contribution in [2.45, 2.75) is 35.5 Å². The number of carbonyl (C=O) groups is 1. The summed E-state index contributed by atoms with van der Waals surface area (Å²) in [5.74, 6) is -5.85. The van der Waals surface area contributed by atoms with Crippen molar-refractivity contribution < 1.29 is 31.5 Å². The number of benzene rings is 2. The third-order valence-corrected chi connectivity index (χ3v) is 9.75. The van der Waals surface area contributed by atoms with E-state index in [1.807, 2.05) is 6.92 Å². The molecule has 178 valence electrons. The van der Waals surface area contributed by atoms with Gasteiger partial charge in [0.05, 0.1) is 20.8 Å². The second-order valence-electron chi connectivity index (χ2n) is 8.76. The van der Waals surface area contributed by atoms with Gasteiger partial charge in [0.25, 0.3) is 5.91 Å². The van der Waals surface area contributed by atoms with Gasteiger partial charge in [0, 0.05) is 29.9 Å². The Hall–Kier alpha value is -2.14. The Labute approximate surface area is 193 Å². The third-order valence-electron chi connectivity index (χ3n) is 7.09. The van der Waals surface area contributed by atoms with E-state index in [-0.39, 0.29) is 58.3 Å². The van der Waals surface area contributed by atoms with Crippen molar-refractivity contribution in [1.29, 1.82) is 0 Å². The predicted octanol–water partition coefficient (Wildman–Crippen LogP) is 3.52. The highest BCUT2D eigenvalue weighted by molar-refractivity contribution is 7.92. The SMILES string of the molecule is CC1[C@H]2CC(S(=O)(=O)c3cc(C(=O)Nc4cc(F)c(F)c(F)c4)ccc3Cl)C[C@H]1C2(O)CN. The topological polar surface area (TPSA) is 109 Å². The van der Waals surface area contributed by atoms with Crippen molar-refractivity contribution >= 4 is 33.0 Å². The maximum atomic E-state index is 13.4. The Morgan fingerprint density at radius 2 is 1.76 bits per heavy atom. The van der Waals surface area contributed by atoms with Crippen LogP contribution in [0.3, 0.4) is 0 Å². The zero-order chi connectivity index (χ0) is 24.3. The highest BCUT2D eigenvalue weighted by atomic mass is 35.5. The number of rotatable bonds is 5. The number of hydrogen-bond donors (Lipinski definition) is 3. The lowest BCUT2D eigenvalue weighted by Gasteiger charge is -2.62. The van der Waals surface area contributed by atoms with E-state index in [2.05, 4.69) is 5.32 Å². The summed E-state index contributed by atoms with van der Waals surface area (Å²) >= 11 is 6.16. The third kappa shape index (κ3) is 3.82. The van der Waals surface area contributed by atoms with Crippen LogP contribution in [-0.4, -0.2) is 36.8 Å². The van der Waals surface area contributed by atoms with Gasteiger partial charge in [-0.25, -0.2) is 21.6 Å². The van der Waals surface area contributed by atoms with E-state index < -0.39 is 44.0 Å². The molecule has 0 aromatic heterocycles. The van der Waals surface area contributed by atoms with E-state index in [1.54, 1.807) is 0 Å². The molecule has 0 unspecified atom stereocenters. The van der Waals surface area contributed by atoms with Crippen LogP contribution in [0.2, 0.25) is 5.02 Å². The molecule has 0 aliphatic heterocycles. The summed E-state index contributed by atoms with van der Waals surface area (Å²) in [6, 6.07) is 4.83. The molecule has 4 N–H and O–H groups in total. The number of fused-ring (bicyclic) bond motifs is 2. The molecule has 0 radical (unpaired) electrons. The van der Waals surface area contributed by atoms with Crippen LogP contribution < -0.4 is 11.1 Å². The van der Waals surface area contributed by atoms with Gasteiger partial charge in [-0.15, -0.1) is 0 Å². The molecule has 6 nitrogen and oxygen atoms in total. The van der Waals surface area contributed by atoms with Gasteiger partial charge >= 0.3 is 0 Å².